The molecule has 61 heavy (non-hydrogen) atoms. The third kappa shape index (κ3) is 44.5. The summed E-state index contributed by atoms with van der Waals surface area (Å²) < 4.78 is 5.92. The van der Waals surface area contributed by atoms with E-state index in [1.54, 1.807) is 0 Å². The lowest BCUT2D eigenvalue weighted by molar-refractivity contribution is -0.151. The smallest absolute Gasteiger partial charge is 0.306 e. The fourth-order valence-electron chi connectivity index (χ4n) is 8.17. The second kappa shape index (κ2) is 49.1. The summed E-state index contributed by atoms with van der Waals surface area (Å²) in [6.07, 6.45) is 57.8. The van der Waals surface area contributed by atoms with Crippen LogP contribution in [-0.4, -0.2) is 46.9 Å². The zero-order chi connectivity index (χ0) is 44.5. The van der Waals surface area contributed by atoms with Gasteiger partial charge in [-0.1, -0.05) is 224 Å². The zero-order valence-electron chi connectivity index (χ0n) is 40.8. The predicted octanol–water partition coefficient (Wildman–Crippen LogP) is 16.1. The van der Waals surface area contributed by atoms with Crippen LogP contribution in [0.4, 0.5) is 0 Å². The van der Waals surface area contributed by atoms with E-state index in [0.717, 1.165) is 83.5 Å². The van der Waals surface area contributed by atoms with Crippen molar-refractivity contribution in [1.82, 2.24) is 5.32 Å². The normalized spacial score (nSPS) is 13.5. The Balaban J connectivity index is 4.50. The minimum absolute atomic E-state index is 0.0642. The Morgan fingerprint density at radius 3 is 1.34 bits per heavy atom. The Morgan fingerprint density at radius 1 is 0.492 bits per heavy atom. The Kier molecular flexibility index (Phi) is 47.6. The summed E-state index contributed by atoms with van der Waals surface area (Å²) >= 11 is 0. The molecule has 0 spiro atoms. The lowest BCUT2D eigenvalue weighted by atomic mass is 10.0. The van der Waals surface area contributed by atoms with Crippen molar-refractivity contribution in [3.05, 3.63) is 36.5 Å². The number of carbonyl (C=O) groups excluding carboxylic acids is 2. The van der Waals surface area contributed by atoms with E-state index >= 15 is 0 Å². The van der Waals surface area contributed by atoms with Gasteiger partial charge < -0.3 is 20.3 Å². The van der Waals surface area contributed by atoms with Crippen LogP contribution >= 0.6 is 0 Å². The molecule has 0 rings (SSSR count). The van der Waals surface area contributed by atoms with Gasteiger partial charge in [0.1, 0.15) is 6.10 Å². The highest BCUT2D eigenvalue weighted by molar-refractivity contribution is 5.77. The average molecular weight is 858 g/mol. The summed E-state index contributed by atoms with van der Waals surface area (Å²) in [6.45, 7) is 6.38. The number of allylic oxidation sites excluding steroid dienone is 6. The van der Waals surface area contributed by atoms with Gasteiger partial charge in [0.15, 0.2) is 0 Å². The van der Waals surface area contributed by atoms with Gasteiger partial charge in [0.25, 0.3) is 0 Å². The number of carbonyl (C=O) groups is 2. The predicted molar refractivity (Wildman–Crippen MR) is 264 cm³/mol. The van der Waals surface area contributed by atoms with Crippen molar-refractivity contribution < 1.29 is 24.5 Å². The molecule has 358 valence electrons. The van der Waals surface area contributed by atoms with Crippen LogP contribution in [0.1, 0.15) is 278 Å². The van der Waals surface area contributed by atoms with Crippen molar-refractivity contribution in [3.63, 3.8) is 0 Å². The summed E-state index contributed by atoms with van der Waals surface area (Å²) in [5, 5.41) is 23.8. The number of ether oxygens (including phenoxy) is 1. The molecule has 0 fully saturated rings. The molecule has 1 amide bonds. The number of hydrogen-bond acceptors (Lipinski definition) is 5. The van der Waals surface area contributed by atoms with Crippen molar-refractivity contribution >= 4 is 11.9 Å². The summed E-state index contributed by atoms with van der Waals surface area (Å²) in [5.41, 5.74) is 0. The highest BCUT2D eigenvalue weighted by Crippen LogP contribution is 2.18. The summed E-state index contributed by atoms with van der Waals surface area (Å²) in [4.78, 5) is 26.1. The number of unbranched alkanes of at least 4 members (excludes halogenated alkanes) is 30. The minimum Gasteiger partial charge on any atom is -0.462 e. The van der Waals surface area contributed by atoms with Crippen molar-refractivity contribution in [2.75, 3.05) is 6.61 Å². The van der Waals surface area contributed by atoms with E-state index in [4.69, 9.17) is 4.74 Å². The van der Waals surface area contributed by atoms with Gasteiger partial charge in [-0.3, -0.25) is 9.59 Å². The number of hydrogen-bond donors (Lipinski definition) is 3. The van der Waals surface area contributed by atoms with Gasteiger partial charge in [-0.05, 0) is 77.0 Å². The number of esters is 1. The Morgan fingerprint density at radius 2 is 0.885 bits per heavy atom. The molecule has 3 unspecified atom stereocenters. The Hall–Kier alpha value is -1.92. The number of aliphatic hydroxyl groups is 2. The molecular formula is C55H103NO5. The average Bonchev–Trinajstić information content (AvgIpc) is 3.25. The van der Waals surface area contributed by atoms with Gasteiger partial charge in [0.2, 0.25) is 5.91 Å². The third-order valence-corrected chi connectivity index (χ3v) is 12.2. The van der Waals surface area contributed by atoms with Crippen LogP contribution in [0.3, 0.4) is 0 Å². The number of aliphatic hydroxyl groups excluding tert-OH is 2. The maximum Gasteiger partial charge on any atom is 0.306 e. The van der Waals surface area contributed by atoms with Gasteiger partial charge in [-0.2, -0.15) is 0 Å². The van der Waals surface area contributed by atoms with Crippen molar-refractivity contribution in [1.29, 1.82) is 0 Å². The van der Waals surface area contributed by atoms with Gasteiger partial charge in [0, 0.05) is 6.42 Å². The van der Waals surface area contributed by atoms with E-state index in [2.05, 4.69) is 62.5 Å². The molecule has 0 radical (unpaired) electrons. The van der Waals surface area contributed by atoms with E-state index in [-0.39, 0.29) is 24.9 Å². The van der Waals surface area contributed by atoms with Crippen LogP contribution in [0.5, 0.6) is 0 Å². The second-order valence-electron chi connectivity index (χ2n) is 18.2. The quantitative estimate of drug-likeness (QED) is 0.0322. The maximum absolute atomic E-state index is 13.2. The minimum atomic E-state index is -0.792. The SMILES string of the molecule is CC/C=C/C/C=C/CCCCCCCC(CC(=O)NC(CO)C(O)CCCCCCCCCCCCCCCCCCC)OC(=O)CCCCC/C=C\CCCCCCCC. The molecule has 0 aromatic rings. The Bertz CT molecular complexity index is 1010. The lowest BCUT2D eigenvalue weighted by Crippen LogP contribution is -2.46. The molecule has 0 aliphatic heterocycles. The van der Waals surface area contributed by atoms with Crippen molar-refractivity contribution in [2.45, 2.75) is 296 Å². The molecule has 6 nitrogen and oxygen atoms in total. The van der Waals surface area contributed by atoms with Gasteiger partial charge in [-0.25, -0.2) is 0 Å². The fraction of sp³-hybridized carbons (Fsp3) is 0.855. The molecule has 0 bridgehead atoms. The molecule has 0 aliphatic rings. The largest absolute Gasteiger partial charge is 0.462 e. The zero-order valence-corrected chi connectivity index (χ0v) is 40.8. The molecule has 0 aliphatic carbocycles. The first kappa shape index (κ1) is 59.1. The highest BCUT2D eigenvalue weighted by Gasteiger charge is 2.24. The highest BCUT2D eigenvalue weighted by atomic mass is 16.5. The number of rotatable bonds is 48. The standard InChI is InChI=1S/C55H103NO5/c1-4-7-10-13-16-19-22-25-26-27-28-30-32-35-38-41-44-47-53(58)52(50-57)56-54(59)49-51(46-43-40-37-34-31-24-21-18-15-12-9-6-3)61-55(60)48-45-42-39-36-33-29-23-20-17-14-11-8-5-2/h9,12,18,21,29,33,51-53,57-58H,4-8,10-11,13-17,19-20,22-28,30-32,34-50H2,1-3H3,(H,56,59)/b12-9+,21-18+,33-29-. The van der Waals surface area contributed by atoms with Crippen LogP contribution in [0, 0.1) is 0 Å². The van der Waals surface area contributed by atoms with Gasteiger partial charge in [-0.15, -0.1) is 0 Å². The first-order valence-electron chi connectivity index (χ1n) is 26.7. The Labute approximate surface area is 379 Å². The second-order valence-corrected chi connectivity index (χ2v) is 18.2. The molecular weight excluding hydrogens is 755 g/mol. The maximum atomic E-state index is 13.2. The molecule has 0 saturated carbocycles. The van der Waals surface area contributed by atoms with Gasteiger partial charge >= 0.3 is 5.97 Å². The van der Waals surface area contributed by atoms with Crippen LogP contribution < -0.4 is 5.32 Å². The number of nitrogens with one attached hydrogen (secondary N) is 1. The molecule has 0 heterocycles. The van der Waals surface area contributed by atoms with Crippen LogP contribution in [0.25, 0.3) is 0 Å². The van der Waals surface area contributed by atoms with E-state index in [0.29, 0.717) is 19.3 Å². The van der Waals surface area contributed by atoms with Gasteiger partial charge in [0.05, 0.1) is 25.2 Å². The summed E-state index contributed by atoms with van der Waals surface area (Å²) in [7, 11) is 0. The third-order valence-electron chi connectivity index (χ3n) is 12.2. The van der Waals surface area contributed by atoms with E-state index in [1.807, 2.05) is 0 Å². The molecule has 3 atom stereocenters. The molecule has 6 heteroatoms. The van der Waals surface area contributed by atoms with E-state index in [9.17, 15) is 19.8 Å². The monoisotopic (exact) mass is 858 g/mol. The molecule has 3 N–H and O–H groups in total. The topological polar surface area (TPSA) is 95.9 Å². The first-order valence-corrected chi connectivity index (χ1v) is 26.7. The van der Waals surface area contributed by atoms with Crippen LogP contribution in [0.15, 0.2) is 36.5 Å². The van der Waals surface area contributed by atoms with E-state index in [1.165, 1.54) is 148 Å². The van der Waals surface area contributed by atoms with Crippen molar-refractivity contribution in [2.24, 2.45) is 0 Å². The lowest BCUT2D eigenvalue weighted by Gasteiger charge is -2.24. The van der Waals surface area contributed by atoms with Crippen LogP contribution in [-0.2, 0) is 14.3 Å². The van der Waals surface area contributed by atoms with Crippen molar-refractivity contribution in [3.8, 4) is 0 Å². The van der Waals surface area contributed by atoms with E-state index < -0.39 is 18.2 Å². The number of amides is 1. The molecule has 0 saturated heterocycles. The molecule has 0 aromatic heterocycles. The fourth-order valence-corrected chi connectivity index (χ4v) is 8.17. The van der Waals surface area contributed by atoms with Crippen LogP contribution in [0.2, 0.25) is 0 Å². The summed E-state index contributed by atoms with van der Waals surface area (Å²) in [6, 6.07) is -0.707. The summed E-state index contributed by atoms with van der Waals surface area (Å²) in [5.74, 6) is -0.499. The molecule has 0 aromatic carbocycles. The first-order chi connectivity index (χ1) is 30.0.